The SMILES string of the molecule is COc1cc(C(OC)C2COC(c3ccc(O)c(OC)c3)C2CO)ccc1O. The molecule has 0 aliphatic carbocycles. The molecule has 0 bridgehead atoms. The first-order chi connectivity index (χ1) is 13.5. The lowest BCUT2D eigenvalue weighted by atomic mass is 9.82. The van der Waals surface area contributed by atoms with Crippen LogP contribution in [0.25, 0.3) is 0 Å². The van der Waals surface area contributed by atoms with E-state index >= 15 is 0 Å². The fraction of sp³-hybridized carbons (Fsp3) is 0.429. The van der Waals surface area contributed by atoms with Crippen LogP contribution in [-0.2, 0) is 9.47 Å². The molecule has 0 saturated carbocycles. The highest BCUT2D eigenvalue weighted by Gasteiger charge is 2.43. The third kappa shape index (κ3) is 3.73. The summed E-state index contributed by atoms with van der Waals surface area (Å²) in [6, 6.07) is 10.1. The number of phenols is 2. The van der Waals surface area contributed by atoms with Crippen LogP contribution in [0.5, 0.6) is 23.0 Å². The molecule has 1 fully saturated rings. The van der Waals surface area contributed by atoms with Gasteiger partial charge in [0.25, 0.3) is 0 Å². The van der Waals surface area contributed by atoms with Crippen LogP contribution in [0, 0.1) is 11.8 Å². The first kappa shape index (κ1) is 20.3. The van der Waals surface area contributed by atoms with E-state index < -0.39 is 0 Å². The molecule has 7 nitrogen and oxygen atoms in total. The van der Waals surface area contributed by atoms with Gasteiger partial charge in [0.05, 0.1) is 33.0 Å². The maximum Gasteiger partial charge on any atom is 0.160 e. The molecule has 28 heavy (non-hydrogen) atoms. The minimum absolute atomic E-state index is 0.0484. The van der Waals surface area contributed by atoms with Crippen LogP contribution in [0.1, 0.15) is 23.3 Å². The lowest BCUT2D eigenvalue weighted by molar-refractivity contribution is 0.0242. The van der Waals surface area contributed by atoms with Crippen LogP contribution >= 0.6 is 0 Å². The Kier molecular flexibility index (Phi) is 6.28. The Bertz CT molecular complexity index is 807. The smallest absolute Gasteiger partial charge is 0.160 e. The molecule has 4 atom stereocenters. The summed E-state index contributed by atoms with van der Waals surface area (Å²) in [6.07, 6.45) is -0.711. The van der Waals surface area contributed by atoms with E-state index in [9.17, 15) is 15.3 Å². The van der Waals surface area contributed by atoms with E-state index in [-0.39, 0.29) is 42.1 Å². The predicted octanol–water partition coefficient (Wildman–Crippen LogP) is 2.80. The zero-order valence-corrected chi connectivity index (χ0v) is 16.2. The molecule has 0 spiro atoms. The number of phenolic OH excluding ortho intramolecular Hbond substituents is 2. The van der Waals surface area contributed by atoms with Gasteiger partial charge < -0.3 is 34.3 Å². The molecule has 1 aliphatic heterocycles. The molecule has 2 aromatic carbocycles. The lowest BCUT2D eigenvalue weighted by Gasteiger charge is -2.28. The van der Waals surface area contributed by atoms with Gasteiger partial charge in [-0.15, -0.1) is 0 Å². The normalized spacial score (nSPS) is 22.8. The van der Waals surface area contributed by atoms with Crippen molar-refractivity contribution in [3.05, 3.63) is 47.5 Å². The van der Waals surface area contributed by atoms with Crippen molar-refractivity contribution >= 4 is 0 Å². The van der Waals surface area contributed by atoms with E-state index in [4.69, 9.17) is 18.9 Å². The van der Waals surface area contributed by atoms with Crippen LogP contribution in [0.2, 0.25) is 0 Å². The summed E-state index contributed by atoms with van der Waals surface area (Å²) in [7, 11) is 4.58. The number of rotatable bonds is 7. The Balaban J connectivity index is 1.90. The minimum Gasteiger partial charge on any atom is -0.504 e. The summed E-state index contributed by atoms with van der Waals surface area (Å²) in [5.41, 5.74) is 1.64. The number of hydrogen-bond acceptors (Lipinski definition) is 7. The van der Waals surface area contributed by atoms with Gasteiger partial charge >= 0.3 is 0 Å². The number of aromatic hydroxyl groups is 2. The first-order valence-electron chi connectivity index (χ1n) is 9.03. The third-order valence-corrected chi connectivity index (χ3v) is 5.33. The fourth-order valence-corrected chi connectivity index (χ4v) is 3.87. The molecule has 152 valence electrons. The van der Waals surface area contributed by atoms with Gasteiger partial charge in [-0.05, 0) is 35.4 Å². The van der Waals surface area contributed by atoms with E-state index in [0.29, 0.717) is 18.1 Å². The zero-order valence-electron chi connectivity index (χ0n) is 16.2. The summed E-state index contributed by atoms with van der Waals surface area (Å²) in [5.74, 6) is 0.475. The van der Waals surface area contributed by atoms with E-state index in [2.05, 4.69) is 0 Å². The summed E-state index contributed by atoms with van der Waals surface area (Å²) < 4.78 is 22.2. The highest BCUT2D eigenvalue weighted by Crippen LogP contribution is 2.46. The van der Waals surface area contributed by atoms with Crippen molar-refractivity contribution in [2.45, 2.75) is 12.2 Å². The van der Waals surface area contributed by atoms with E-state index in [0.717, 1.165) is 11.1 Å². The van der Waals surface area contributed by atoms with Gasteiger partial charge in [0.15, 0.2) is 23.0 Å². The molecule has 1 aliphatic rings. The lowest BCUT2D eigenvalue weighted by Crippen LogP contribution is -2.26. The van der Waals surface area contributed by atoms with Crippen LogP contribution in [-0.4, -0.2) is 49.9 Å². The van der Waals surface area contributed by atoms with Crippen LogP contribution < -0.4 is 9.47 Å². The van der Waals surface area contributed by atoms with Crippen LogP contribution in [0.4, 0.5) is 0 Å². The van der Waals surface area contributed by atoms with Gasteiger partial charge in [0, 0.05) is 25.6 Å². The summed E-state index contributed by atoms with van der Waals surface area (Å²) in [4.78, 5) is 0. The van der Waals surface area contributed by atoms with Crippen molar-refractivity contribution in [3.63, 3.8) is 0 Å². The predicted molar refractivity (Wildman–Crippen MR) is 102 cm³/mol. The topological polar surface area (TPSA) is 97.6 Å². The molecule has 3 N–H and O–H groups in total. The maximum absolute atomic E-state index is 10.1. The molecular formula is C21H26O7. The van der Waals surface area contributed by atoms with Crippen molar-refractivity contribution in [3.8, 4) is 23.0 Å². The molecule has 1 saturated heterocycles. The monoisotopic (exact) mass is 390 g/mol. The third-order valence-electron chi connectivity index (χ3n) is 5.33. The molecule has 7 heteroatoms. The van der Waals surface area contributed by atoms with Crippen molar-refractivity contribution in [1.82, 2.24) is 0 Å². The number of ether oxygens (including phenoxy) is 4. The quantitative estimate of drug-likeness (QED) is 0.669. The molecule has 0 amide bonds. The van der Waals surface area contributed by atoms with E-state index in [1.165, 1.54) is 14.2 Å². The number of hydrogen-bond donors (Lipinski definition) is 3. The van der Waals surface area contributed by atoms with Gasteiger partial charge in [0.1, 0.15) is 0 Å². The minimum atomic E-state index is -0.360. The summed E-state index contributed by atoms with van der Waals surface area (Å²) in [6.45, 7) is 0.300. The Morgan fingerprint density at radius 1 is 1.00 bits per heavy atom. The van der Waals surface area contributed by atoms with Gasteiger partial charge in [-0.3, -0.25) is 0 Å². The second-order valence-electron chi connectivity index (χ2n) is 6.78. The molecule has 3 rings (SSSR count). The first-order valence-corrected chi connectivity index (χ1v) is 9.03. The second kappa shape index (κ2) is 8.68. The molecule has 2 aromatic rings. The highest BCUT2D eigenvalue weighted by atomic mass is 16.5. The molecular weight excluding hydrogens is 364 g/mol. The summed E-state index contributed by atoms with van der Waals surface area (Å²) >= 11 is 0. The number of aliphatic hydroxyl groups is 1. The van der Waals surface area contributed by atoms with Crippen LogP contribution in [0.3, 0.4) is 0 Å². The number of methoxy groups -OCH3 is 3. The molecule has 4 unspecified atom stereocenters. The number of benzene rings is 2. The van der Waals surface area contributed by atoms with E-state index in [1.54, 1.807) is 43.5 Å². The standard InChI is InChI=1S/C21H26O7/c1-25-18-8-12(4-6-16(18)23)20(27-3)15-11-28-21(14(15)10-22)13-5-7-17(24)19(9-13)26-2/h4-9,14-15,20-24H,10-11H2,1-3H3. The Labute approximate surface area is 164 Å². The van der Waals surface area contributed by atoms with Crippen molar-refractivity contribution in [1.29, 1.82) is 0 Å². The average molecular weight is 390 g/mol. The van der Waals surface area contributed by atoms with Gasteiger partial charge in [0.2, 0.25) is 0 Å². The van der Waals surface area contributed by atoms with Gasteiger partial charge in [-0.2, -0.15) is 0 Å². The molecule has 0 radical (unpaired) electrons. The average Bonchev–Trinajstić information content (AvgIpc) is 3.13. The Hall–Kier alpha value is -2.48. The van der Waals surface area contributed by atoms with Gasteiger partial charge in [-0.1, -0.05) is 12.1 Å². The molecule has 1 heterocycles. The van der Waals surface area contributed by atoms with Crippen molar-refractivity contribution in [2.75, 3.05) is 34.5 Å². The Morgan fingerprint density at radius 2 is 1.64 bits per heavy atom. The second-order valence-corrected chi connectivity index (χ2v) is 6.78. The van der Waals surface area contributed by atoms with Crippen molar-refractivity contribution in [2.24, 2.45) is 11.8 Å². The highest BCUT2D eigenvalue weighted by molar-refractivity contribution is 5.44. The van der Waals surface area contributed by atoms with Crippen LogP contribution in [0.15, 0.2) is 36.4 Å². The fourth-order valence-electron chi connectivity index (χ4n) is 3.87. The van der Waals surface area contributed by atoms with Gasteiger partial charge in [-0.25, -0.2) is 0 Å². The molecule has 0 aromatic heterocycles. The summed E-state index contributed by atoms with van der Waals surface area (Å²) in [5, 5.41) is 29.8. The number of aliphatic hydroxyl groups excluding tert-OH is 1. The van der Waals surface area contributed by atoms with E-state index in [1.807, 2.05) is 0 Å². The zero-order chi connectivity index (χ0) is 20.3. The van der Waals surface area contributed by atoms with Crippen molar-refractivity contribution < 1.29 is 34.3 Å². The maximum atomic E-state index is 10.1. The largest absolute Gasteiger partial charge is 0.504 e. The Morgan fingerprint density at radius 3 is 2.25 bits per heavy atom.